The van der Waals surface area contributed by atoms with Crippen LogP contribution in [0.4, 0.5) is 0 Å². The normalized spacial score (nSPS) is 12.8. The molecule has 0 aliphatic rings. The molecule has 2 unspecified atom stereocenters. The molecule has 0 radical (unpaired) electrons. The van der Waals surface area contributed by atoms with Crippen molar-refractivity contribution in [3.8, 4) is 0 Å². The fraction of sp³-hybridized carbons (Fsp3) is 0.885. The minimum Gasteiger partial charge on any atom is -0.465 e. The number of rotatable bonds is 47. The maximum atomic E-state index is 12.4. The van der Waals surface area contributed by atoms with Gasteiger partial charge in [0.05, 0.1) is 25.4 Å². The highest BCUT2D eigenvalue weighted by Gasteiger charge is 2.20. The van der Waals surface area contributed by atoms with Gasteiger partial charge >= 0.3 is 5.97 Å². The molecule has 0 saturated heterocycles. The van der Waals surface area contributed by atoms with Crippen LogP contribution < -0.4 is 5.32 Å². The molecular weight excluding hydrogens is 719 g/mol. The van der Waals surface area contributed by atoms with E-state index in [-0.39, 0.29) is 18.5 Å². The van der Waals surface area contributed by atoms with Gasteiger partial charge in [0.2, 0.25) is 5.91 Å². The van der Waals surface area contributed by atoms with Crippen molar-refractivity contribution in [1.82, 2.24) is 5.32 Å². The van der Waals surface area contributed by atoms with E-state index in [4.69, 9.17) is 4.74 Å². The molecule has 0 rings (SSSR count). The van der Waals surface area contributed by atoms with E-state index in [1.165, 1.54) is 186 Å². The Morgan fingerprint density at radius 3 is 1.31 bits per heavy atom. The summed E-state index contributed by atoms with van der Waals surface area (Å²) in [6.07, 6.45) is 56.0. The Hall–Kier alpha value is -1.66. The lowest BCUT2D eigenvalue weighted by Crippen LogP contribution is -2.45. The van der Waals surface area contributed by atoms with Crippen LogP contribution in [-0.4, -0.2) is 47.4 Å². The number of ether oxygens (including phenoxy) is 1. The molecule has 0 spiro atoms. The zero-order valence-corrected chi connectivity index (χ0v) is 38.8. The fourth-order valence-corrected chi connectivity index (χ4v) is 7.83. The maximum Gasteiger partial charge on any atom is 0.305 e. The standard InChI is InChI=1S/C52H99NO5/c1-3-5-7-9-11-13-25-30-34-38-42-46-52(57)58-47-43-39-35-31-27-24-22-20-18-16-14-15-17-19-21-23-26-29-33-37-41-45-51(56)53-49(48-54)50(55)44-40-36-32-28-12-10-8-6-4-2/h24,27,35,39,49-50,54-55H,3-23,25-26,28-34,36-38,40-48H2,1-2H3,(H,53,56)/b27-24-,39-35-. The summed E-state index contributed by atoms with van der Waals surface area (Å²) in [5, 5.41) is 23.1. The van der Waals surface area contributed by atoms with Gasteiger partial charge in [-0.25, -0.2) is 0 Å². The molecule has 0 aliphatic heterocycles. The molecule has 6 heteroatoms. The number of esters is 1. The third-order valence-electron chi connectivity index (χ3n) is 11.8. The molecule has 0 heterocycles. The summed E-state index contributed by atoms with van der Waals surface area (Å²) in [6, 6.07) is -0.542. The van der Waals surface area contributed by atoms with E-state index in [0.29, 0.717) is 25.9 Å². The maximum absolute atomic E-state index is 12.4. The van der Waals surface area contributed by atoms with Crippen LogP contribution >= 0.6 is 0 Å². The summed E-state index contributed by atoms with van der Waals surface area (Å²) in [6.45, 7) is 4.81. The van der Waals surface area contributed by atoms with Crippen molar-refractivity contribution in [2.45, 2.75) is 283 Å². The predicted molar refractivity (Wildman–Crippen MR) is 250 cm³/mol. The van der Waals surface area contributed by atoms with Gasteiger partial charge in [-0.15, -0.1) is 0 Å². The summed E-state index contributed by atoms with van der Waals surface area (Å²) in [5.74, 6) is -0.0784. The Balaban J connectivity index is 3.44. The first-order valence-corrected chi connectivity index (χ1v) is 25.6. The summed E-state index contributed by atoms with van der Waals surface area (Å²) < 4.78 is 5.39. The van der Waals surface area contributed by atoms with Crippen molar-refractivity contribution in [3.63, 3.8) is 0 Å². The molecule has 0 aromatic carbocycles. The molecule has 0 fully saturated rings. The van der Waals surface area contributed by atoms with Crippen molar-refractivity contribution in [3.05, 3.63) is 24.3 Å². The van der Waals surface area contributed by atoms with Crippen molar-refractivity contribution in [1.29, 1.82) is 0 Å². The molecule has 342 valence electrons. The van der Waals surface area contributed by atoms with Crippen LogP contribution in [-0.2, 0) is 14.3 Å². The van der Waals surface area contributed by atoms with Crippen LogP contribution in [0.3, 0.4) is 0 Å². The van der Waals surface area contributed by atoms with Gasteiger partial charge in [-0.3, -0.25) is 9.59 Å². The number of aliphatic hydroxyl groups excluding tert-OH is 2. The predicted octanol–water partition coefficient (Wildman–Crippen LogP) is 15.1. The number of aliphatic hydroxyl groups is 2. The summed E-state index contributed by atoms with van der Waals surface area (Å²) in [5.41, 5.74) is 0. The third-order valence-corrected chi connectivity index (χ3v) is 11.8. The van der Waals surface area contributed by atoms with Gasteiger partial charge in [0.25, 0.3) is 0 Å². The molecule has 6 nitrogen and oxygen atoms in total. The molecule has 0 aromatic rings. The number of carbonyl (C=O) groups is 2. The van der Waals surface area contributed by atoms with E-state index in [0.717, 1.165) is 51.4 Å². The molecule has 58 heavy (non-hydrogen) atoms. The van der Waals surface area contributed by atoms with Crippen molar-refractivity contribution in [2.24, 2.45) is 0 Å². The Bertz CT molecular complexity index is 904. The molecule has 0 bridgehead atoms. The SMILES string of the molecule is CCCCCCCCCCCCCC(=O)OCC/C=C\C/C=C\CCCCCCCCCCCCCCCCC(=O)NC(CO)C(O)CCCCCCCCCCC. The molecular formula is C52H99NO5. The minimum absolute atomic E-state index is 0.0360. The van der Waals surface area contributed by atoms with E-state index < -0.39 is 12.1 Å². The van der Waals surface area contributed by atoms with Gasteiger partial charge in [0, 0.05) is 12.8 Å². The third kappa shape index (κ3) is 43.9. The van der Waals surface area contributed by atoms with E-state index in [1.54, 1.807) is 0 Å². The van der Waals surface area contributed by atoms with Gasteiger partial charge < -0.3 is 20.3 Å². The van der Waals surface area contributed by atoms with Crippen molar-refractivity contribution < 1.29 is 24.5 Å². The first-order chi connectivity index (χ1) is 28.5. The molecule has 3 N–H and O–H groups in total. The Morgan fingerprint density at radius 1 is 0.483 bits per heavy atom. The Morgan fingerprint density at radius 2 is 0.862 bits per heavy atom. The van der Waals surface area contributed by atoms with E-state index >= 15 is 0 Å². The molecule has 0 saturated carbocycles. The largest absolute Gasteiger partial charge is 0.465 e. The lowest BCUT2D eigenvalue weighted by atomic mass is 10.0. The number of unbranched alkanes of at least 4 members (excludes halogenated alkanes) is 32. The smallest absolute Gasteiger partial charge is 0.305 e. The van der Waals surface area contributed by atoms with E-state index in [2.05, 4.69) is 43.5 Å². The second-order valence-electron chi connectivity index (χ2n) is 17.5. The average molecular weight is 818 g/mol. The number of hydrogen-bond donors (Lipinski definition) is 3. The topological polar surface area (TPSA) is 95.9 Å². The quantitative estimate of drug-likeness (QED) is 0.0323. The van der Waals surface area contributed by atoms with E-state index in [9.17, 15) is 19.8 Å². The Labute approximate surface area is 361 Å². The lowest BCUT2D eigenvalue weighted by molar-refractivity contribution is -0.143. The number of nitrogens with one attached hydrogen (secondary N) is 1. The summed E-state index contributed by atoms with van der Waals surface area (Å²) in [4.78, 5) is 24.3. The number of amides is 1. The van der Waals surface area contributed by atoms with E-state index in [1.807, 2.05) is 0 Å². The van der Waals surface area contributed by atoms with Gasteiger partial charge in [-0.2, -0.15) is 0 Å². The molecule has 2 atom stereocenters. The number of carbonyl (C=O) groups excluding carboxylic acids is 2. The minimum atomic E-state index is -0.664. The van der Waals surface area contributed by atoms with Gasteiger partial charge in [-0.1, -0.05) is 237 Å². The molecule has 1 amide bonds. The van der Waals surface area contributed by atoms with Crippen LogP contribution in [0.1, 0.15) is 271 Å². The van der Waals surface area contributed by atoms with Crippen LogP contribution in [0.2, 0.25) is 0 Å². The fourth-order valence-electron chi connectivity index (χ4n) is 7.83. The average Bonchev–Trinajstić information content (AvgIpc) is 3.22. The van der Waals surface area contributed by atoms with Crippen LogP contribution in [0.5, 0.6) is 0 Å². The highest BCUT2D eigenvalue weighted by molar-refractivity contribution is 5.76. The highest BCUT2D eigenvalue weighted by Crippen LogP contribution is 2.16. The second-order valence-corrected chi connectivity index (χ2v) is 17.5. The number of allylic oxidation sites excluding steroid dienone is 3. The zero-order chi connectivity index (χ0) is 42.3. The lowest BCUT2D eigenvalue weighted by Gasteiger charge is -2.22. The second kappa shape index (κ2) is 48.0. The summed E-state index contributed by atoms with van der Waals surface area (Å²) in [7, 11) is 0. The first kappa shape index (κ1) is 56.3. The van der Waals surface area contributed by atoms with Crippen molar-refractivity contribution in [2.75, 3.05) is 13.2 Å². The first-order valence-electron chi connectivity index (χ1n) is 25.6. The van der Waals surface area contributed by atoms with Crippen LogP contribution in [0.25, 0.3) is 0 Å². The monoisotopic (exact) mass is 818 g/mol. The Kier molecular flexibility index (Phi) is 46.6. The highest BCUT2D eigenvalue weighted by atomic mass is 16.5. The zero-order valence-electron chi connectivity index (χ0n) is 38.8. The van der Waals surface area contributed by atoms with Gasteiger partial charge in [-0.05, 0) is 44.9 Å². The molecule has 0 aliphatic carbocycles. The summed E-state index contributed by atoms with van der Waals surface area (Å²) >= 11 is 0. The number of hydrogen-bond acceptors (Lipinski definition) is 5. The van der Waals surface area contributed by atoms with Crippen molar-refractivity contribution >= 4 is 11.9 Å². The van der Waals surface area contributed by atoms with Gasteiger partial charge in [0.1, 0.15) is 0 Å². The van der Waals surface area contributed by atoms with Crippen LogP contribution in [0, 0.1) is 0 Å². The van der Waals surface area contributed by atoms with Crippen LogP contribution in [0.15, 0.2) is 24.3 Å². The molecule has 0 aromatic heterocycles. The van der Waals surface area contributed by atoms with Gasteiger partial charge in [0.15, 0.2) is 0 Å².